The first-order valence-electron chi connectivity index (χ1n) is 9.23. The van der Waals surface area contributed by atoms with Gasteiger partial charge in [0.1, 0.15) is 5.41 Å². The largest absolute Gasteiger partial charge is 0.481 e. The molecule has 0 aromatic rings. The normalized spacial score (nSPS) is 39.1. The Bertz CT molecular complexity index is 588. The van der Waals surface area contributed by atoms with E-state index in [0.29, 0.717) is 24.7 Å². The first kappa shape index (κ1) is 17.7. The van der Waals surface area contributed by atoms with Gasteiger partial charge in [0.15, 0.2) is 6.29 Å². The Morgan fingerprint density at radius 3 is 2.58 bits per heavy atom. The molecule has 4 heteroatoms. The molecule has 0 spiro atoms. The Hall–Kier alpha value is -1.13. The molecule has 4 atom stereocenters. The highest BCUT2D eigenvalue weighted by Gasteiger charge is 2.62. The maximum absolute atomic E-state index is 12.1. The van der Waals surface area contributed by atoms with Gasteiger partial charge in [-0.3, -0.25) is 4.79 Å². The highest BCUT2D eigenvalue weighted by Crippen LogP contribution is 2.62. The molecule has 0 heterocycles. The maximum atomic E-state index is 12.1. The summed E-state index contributed by atoms with van der Waals surface area (Å²) in [6.07, 6.45) is 7.46. The number of fused-ring (bicyclic) bond motifs is 3. The van der Waals surface area contributed by atoms with Gasteiger partial charge in [0.25, 0.3) is 0 Å². The summed E-state index contributed by atoms with van der Waals surface area (Å²) in [5.41, 5.74) is 1.21. The molecular weight excluding hydrogens is 304 g/mol. The predicted molar refractivity (Wildman–Crippen MR) is 92.1 cm³/mol. The zero-order chi connectivity index (χ0) is 17.7. The van der Waals surface area contributed by atoms with Crippen molar-refractivity contribution in [1.82, 2.24) is 0 Å². The summed E-state index contributed by atoms with van der Waals surface area (Å²) in [6.45, 7) is 6.62. The van der Waals surface area contributed by atoms with E-state index in [2.05, 4.69) is 32.9 Å². The van der Waals surface area contributed by atoms with Crippen molar-refractivity contribution < 1.29 is 20.1 Å². The van der Waals surface area contributed by atoms with Gasteiger partial charge in [0.05, 0.1) is 0 Å². The summed E-state index contributed by atoms with van der Waals surface area (Å²) in [5, 5.41) is 29.9. The van der Waals surface area contributed by atoms with Crippen LogP contribution in [0, 0.1) is 28.6 Å². The van der Waals surface area contributed by atoms with Gasteiger partial charge < -0.3 is 15.3 Å². The molecule has 3 N–H and O–H groups in total. The fraction of sp³-hybridized carbons (Fsp3) is 0.750. The number of aliphatic carboxylic acids is 1. The van der Waals surface area contributed by atoms with E-state index < -0.39 is 17.7 Å². The third kappa shape index (κ3) is 2.38. The fourth-order valence-corrected chi connectivity index (χ4v) is 5.76. The molecule has 1 unspecified atom stereocenters. The number of aliphatic hydroxyl groups excluding tert-OH is 1. The van der Waals surface area contributed by atoms with E-state index in [1.54, 1.807) is 0 Å². The van der Waals surface area contributed by atoms with Crippen molar-refractivity contribution >= 4 is 5.97 Å². The average molecular weight is 334 g/mol. The van der Waals surface area contributed by atoms with Crippen molar-refractivity contribution in [3.8, 4) is 0 Å². The molecule has 3 rings (SSSR count). The second-order valence-corrected chi connectivity index (χ2v) is 8.54. The Labute approximate surface area is 144 Å². The van der Waals surface area contributed by atoms with E-state index in [0.717, 1.165) is 25.7 Å². The number of allylic oxidation sites excluding steroid dienone is 4. The van der Waals surface area contributed by atoms with Crippen molar-refractivity contribution in [2.75, 3.05) is 0 Å². The zero-order valence-electron chi connectivity index (χ0n) is 15.0. The van der Waals surface area contributed by atoms with Crippen LogP contribution in [0.2, 0.25) is 0 Å². The van der Waals surface area contributed by atoms with Crippen molar-refractivity contribution in [1.29, 1.82) is 0 Å². The quantitative estimate of drug-likeness (QED) is 0.690. The van der Waals surface area contributed by atoms with Crippen LogP contribution in [0.4, 0.5) is 0 Å². The highest BCUT2D eigenvalue weighted by molar-refractivity contribution is 5.76. The third-order valence-corrected chi connectivity index (χ3v) is 7.19. The van der Waals surface area contributed by atoms with E-state index in [1.165, 1.54) is 11.1 Å². The van der Waals surface area contributed by atoms with Gasteiger partial charge in [-0.25, -0.2) is 0 Å². The number of aliphatic hydroxyl groups is 2. The minimum atomic E-state index is -1.81. The van der Waals surface area contributed by atoms with Crippen LogP contribution in [0.15, 0.2) is 23.3 Å². The van der Waals surface area contributed by atoms with E-state index >= 15 is 0 Å². The molecule has 134 valence electrons. The lowest BCUT2D eigenvalue weighted by molar-refractivity contribution is -0.219. The molecule has 0 bridgehead atoms. The molecular formula is C20H30O4. The van der Waals surface area contributed by atoms with Gasteiger partial charge in [-0.1, -0.05) is 44.9 Å². The molecule has 0 aromatic heterocycles. The number of carbonyl (C=O) groups is 1. The lowest BCUT2D eigenvalue weighted by Crippen LogP contribution is -2.59. The Kier molecular flexibility index (Phi) is 4.42. The maximum Gasteiger partial charge on any atom is 0.315 e. The van der Waals surface area contributed by atoms with Gasteiger partial charge in [0, 0.05) is 0 Å². The zero-order valence-corrected chi connectivity index (χ0v) is 15.0. The summed E-state index contributed by atoms with van der Waals surface area (Å²) in [5.74, 6) is -0.406. The Balaban J connectivity index is 2.05. The molecule has 1 fully saturated rings. The summed E-state index contributed by atoms with van der Waals surface area (Å²) in [4.78, 5) is 12.1. The second-order valence-electron chi connectivity index (χ2n) is 8.54. The number of hydrogen-bond donors (Lipinski definition) is 3. The van der Waals surface area contributed by atoms with Gasteiger partial charge >= 0.3 is 5.97 Å². The van der Waals surface area contributed by atoms with Crippen LogP contribution in [0.3, 0.4) is 0 Å². The van der Waals surface area contributed by atoms with E-state index in [-0.39, 0.29) is 11.3 Å². The summed E-state index contributed by atoms with van der Waals surface area (Å²) < 4.78 is 0. The minimum absolute atomic E-state index is 0.177. The van der Waals surface area contributed by atoms with Crippen LogP contribution in [-0.2, 0) is 4.79 Å². The SMILES string of the molecule is CC(C)C1=CC2=CCC3[C@@](C(=O)O)(C(O)O)CCC[C@]3(C)[C@H]2CC1. The first-order valence-corrected chi connectivity index (χ1v) is 9.23. The summed E-state index contributed by atoms with van der Waals surface area (Å²) in [6, 6.07) is 0. The topological polar surface area (TPSA) is 77.8 Å². The average Bonchev–Trinajstić information content (AvgIpc) is 2.52. The van der Waals surface area contributed by atoms with Crippen molar-refractivity contribution in [2.45, 2.75) is 65.6 Å². The second kappa shape index (κ2) is 5.99. The first-order chi connectivity index (χ1) is 11.2. The lowest BCUT2D eigenvalue weighted by Gasteiger charge is -2.58. The van der Waals surface area contributed by atoms with Crippen LogP contribution < -0.4 is 0 Å². The van der Waals surface area contributed by atoms with Crippen molar-refractivity contribution in [3.05, 3.63) is 23.3 Å². The molecule has 3 aliphatic rings. The smallest absolute Gasteiger partial charge is 0.315 e. The Morgan fingerprint density at radius 1 is 1.29 bits per heavy atom. The Morgan fingerprint density at radius 2 is 2.00 bits per heavy atom. The lowest BCUT2D eigenvalue weighted by atomic mass is 9.46. The molecule has 0 amide bonds. The molecule has 1 saturated carbocycles. The van der Waals surface area contributed by atoms with Crippen LogP contribution in [0.25, 0.3) is 0 Å². The van der Waals surface area contributed by atoms with Gasteiger partial charge in [-0.05, 0) is 60.8 Å². The number of carboxylic acid groups (broad SMARTS) is 1. The standard InChI is InChI=1S/C20H30O4/c1-12(2)13-5-7-15-14(11-13)6-8-16-19(15,3)9-4-10-20(16,17(21)22)18(23)24/h6,11-12,15-17,21-22H,4-5,7-10H2,1-3H3,(H,23,24)/t15-,16?,19+,20+/m0/s1. The van der Waals surface area contributed by atoms with Gasteiger partial charge in [-0.2, -0.15) is 0 Å². The van der Waals surface area contributed by atoms with Crippen molar-refractivity contribution in [2.24, 2.45) is 28.6 Å². The minimum Gasteiger partial charge on any atom is -0.481 e. The van der Waals surface area contributed by atoms with E-state index in [9.17, 15) is 20.1 Å². The van der Waals surface area contributed by atoms with Crippen LogP contribution in [-0.4, -0.2) is 27.6 Å². The molecule has 0 aliphatic heterocycles. The third-order valence-electron chi connectivity index (χ3n) is 7.19. The van der Waals surface area contributed by atoms with Crippen LogP contribution >= 0.6 is 0 Å². The number of hydrogen-bond acceptors (Lipinski definition) is 3. The van der Waals surface area contributed by atoms with Gasteiger partial charge in [-0.15, -0.1) is 0 Å². The van der Waals surface area contributed by atoms with Gasteiger partial charge in [0.2, 0.25) is 0 Å². The number of rotatable bonds is 3. The molecule has 3 aliphatic carbocycles. The molecule has 0 radical (unpaired) electrons. The molecule has 0 aromatic carbocycles. The van der Waals surface area contributed by atoms with Crippen LogP contribution in [0.1, 0.15) is 59.3 Å². The molecule has 0 saturated heterocycles. The van der Waals surface area contributed by atoms with Crippen molar-refractivity contribution in [3.63, 3.8) is 0 Å². The summed E-state index contributed by atoms with van der Waals surface area (Å²) >= 11 is 0. The number of carboxylic acids is 1. The predicted octanol–water partition coefficient (Wildman–Crippen LogP) is 3.50. The fourth-order valence-electron chi connectivity index (χ4n) is 5.76. The molecule has 4 nitrogen and oxygen atoms in total. The molecule has 24 heavy (non-hydrogen) atoms. The van der Waals surface area contributed by atoms with Crippen LogP contribution in [0.5, 0.6) is 0 Å². The van der Waals surface area contributed by atoms with E-state index in [4.69, 9.17) is 0 Å². The summed E-state index contributed by atoms with van der Waals surface area (Å²) in [7, 11) is 0. The highest BCUT2D eigenvalue weighted by atomic mass is 16.5. The van der Waals surface area contributed by atoms with E-state index in [1.807, 2.05) is 0 Å². The monoisotopic (exact) mass is 334 g/mol.